The molecule has 0 aliphatic carbocycles. The second-order valence-corrected chi connectivity index (χ2v) is 8.04. The van der Waals surface area contributed by atoms with Crippen molar-refractivity contribution in [2.75, 3.05) is 6.61 Å². The highest BCUT2D eigenvalue weighted by molar-refractivity contribution is 6.99. The molecule has 3 aromatic carbocycles. The predicted molar refractivity (Wildman–Crippen MR) is 93.8 cm³/mol. The smallest absolute Gasteiger partial charge is 0.156 e. The van der Waals surface area contributed by atoms with Gasteiger partial charge in [0.15, 0.2) is 8.80 Å². The Hall–Kier alpha value is -2.16. The number of rotatable bonds is 3. The zero-order valence-corrected chi connectivity index (χ0v) is 13.3. The highest BCUT2D eigenvalue weighted by Gasteiger charge is 2.30. The van der Waals surface area contributed by atoms with Gasteiger partial charge in [-0.05, 0) is 33.5 Å². The van der Waals surface area contributed by atoms with E-state index < -0.39 is 8.80 Å². The summed E-state index contributed by atoms with van der Waals surface area (Å²) in [6.45, 7) is 0.211. The minimum Gasteiger partial charge on any atom is -0.396 e. The van der Waals surface area contributed by atoms with Crippen molar-refractivity contribution in [1.29, 1.82) is 0 Å². The van der Waals surface area contributed by atoms with Crippen molar-refractivity contribution in [3.05, 3.63) is 78.4 Å². The van der Waals surface area contributed by atoms with E-state index in [1.807, 2.05) is 0 Å². The molecule has 0 aromatic heterocycles. The van der Waals surface area contributed by atoms with Gasteiger partial charge in [0.2, 0.25) is 0 Å². The predicted octanol–water partition coefficient (Wildman–Crippen LogP) is 1.72. The van der Waals surface area contributed by atoms with Gasteiger partial charge >= 0.3 is 0 Å². The van der Waals surface area contributed by atoms with Gasteiger partial charge in [-0.3, -0.25) is 0 Å². The lowest BCUT2D eigenvalue weighted by Gasteiger charge is -2.12. The zero-order chi connectivity index (χ0) is 14.9. The molecule has 4 rings (SSSR count). The van der Waals surface area contributed by atoms with Gasteiger partial charge in [-0.1, -0.05) is 78.0 Å². The first-order valence-corrected chi connectivity index (χ1v) is 9.15. The van der Waals surface area contributed by atoms with Gasteiger partial charge in [0, 0.05) is 6.61 Å². The Balaban J connectivity index is 1.84. The second kappa shape index (κ2) is 5.56. The molecule has 1 heterocycles. The number of hydrogen-bond donors (Lipinski definition) is 1. The van der Waals surface area contributed by atoms with E-state index in [0.29, 0.717) is 0 Å². The van der Waals surface area contributed by atoms with Crippen LogP contribution in [0.2, 0.25) is 0 Å². The third kappa shape index (κ3) is 2.12. The molecule has 0 atom stereocenters. The Morgan fingerprint density at radius 2 is 1.23 bits per heavy atom. The van der Waals surface area contributed by atoms with E-state index in [0.717, 1.165) is 6.42 Å². The monoisotopic (exact) mass is 301 g/mol. The van der Waals surface area contributed by atoms with Crippen LogP contribution in [0.1, 0.15) is 5.56 Å². The maximum atomic E-state index is 9.07. The SMILES string of the molecule is OCCc1ccc([Si]2c3ccccc3-c3ccccc32)cc1. The lowest BCUT2D eigenvalue weighted by atomic mass is 10.1. The van der Waals surface area contributed by atoms with Crippen LogP contribution in [0.4, 0.5) is 0 Å². The van der Waals surface area contributed by atoms with Crippen LogP contribution in [0, 0.1) is 0 Å². The Morgan fingerprint density at radius 1 is 0.682 bits per heavy atom. The van der Waals surface area contributed by atoms with E-state index in [1.54, 1.807) is 0 Å². The van der Waals surface area contributed by atoms with Crippen LogP contribution < -0.4 is 15.6 Å². The third-order valence-corrected chi connectivity index (χ3v) is 7.19. The van der Waals surface area contributed by atoms with E-state index >= 15 is 0 Å². The van der Waals surface area contributed by atoms with Crippen molar-refractivity contribution in [1.82, 2.24) is 0 Å². The topological polar surface area (TPSA) is 20.2 Å². The van der Waals surface area contributed by atoms with Gasteiger partial charge in [-0.2, -0.15) is 0 Å². The van der Waals surface area contributed by atoms with Gasteiger partial charge in [0.1, 0.15) is 0 Å². The summed E-state index contributed by atoms with van der Waals surface area (Å²) in [6, 6.07) is 26.4. The minimum atomic E-state index is -0.897. The molecule has 1 aliphatic heterocycles. The Labute approximate surface area is 132 Å². The van der Waals surface area contributed by atoms with Crippen LogP contribution in [-0.4, -0.2) is 20.5 Å². The normalized spacial score (nSPS) is 13.0. The standard InChI is InChI=1S/C20H17OSi/c21-14-13-15-9-11-16(12-10-15)22-19-7-3-1-5-17(19)18-6-2-4-8-20(18)22/h1-12,21H,13-14H2. The van der Waals surface area contributed by atoms with Crippen molar-refractivity contribution in [3.8, 4) is 11.1 Å². The molecule has 0 saturated heterocycles. The van der Waals surface area contributed by atoms with Crippen molar-refractivity contribution in [2.24, 2.45) is 0 Å². The first-order valence-electron chi connectivity index (χ1n) is 7.65. The Bertz CT molecular complexity index is 762. The summed E-state index contributed by atoms with van der Waals surface area (Å²) >= 11 is 0. The summed E-state index contributed by atoms with van der Waals surface area (Å²) in [7, 11) is -0.897. The van der Waals surface area contributed by atoms with Crippen LogP contribution in [0.15, 0.2) is 72.8 Å². The zero-order valence-electron chi connectivity index (χ0n) is 12.3. The first kappa shape index (κ1) is 13.5. The molecular formula is C20H17OSi. The fourth-order valence-electron chi connectivity index (χ4n) is 3.30. The molecule has 22 heavy (non-hydrogen) atoms. The van der Waals surface area contributed by atoms with E-state index in [1.165, 1.54) is 32.3 Å². The third-order valence-electron chi connectivity index (χ3n) is 4.33. The minimum absolute atomic E-state index is 0.211. The molecule has 1 nitrogen and oxygen atoms in total. The number of fused-ring (bicyclic) bond motifs is 3. The molecule has 1 N–H and O–H groups in total. The quantitative estimate of drug-likeness (QED) is 0.571. The molecule has 0 bridgehead atoms. The van der Waals surface area contributed by atoms with Gasteiger partial charge in [0.25, 0.3) is 0 Å². The fourth-order valence-corrected chi connectivity index (χ4v) is 6.21. The summed E-state index contributed by atoms with van der Waals surface area (Å²) < 4.78 is 0. The second-order valence-electron chi connectivity index (χ2n) is 5.64. The Morgan fingerprint density at radius 3 is 1.77 bits per heavy atom. The van der Waals surface area contributed by atoms with Crippen molar-refractivity contribution >= 4 is 24.4 Å². The fraction of sp³-hybridized carbons (Fsp3) is 0.100. The molecule has 107 valence electrons. The maximum absolute atomic E-state index is 9.07. The van der Waals surface area contributed by atoms with Gasteiger partial charge in [-0.15, -0.1) is 0 Å². The molecule has 1 radical (unpaired) electrons. The van der Waals surface area contributed by atoms with Crippen LogP contribution in [0.25, 0.3) is 11.1 Å². The molecule has 0 amide bonds. The average molecular weight is 301 g/mol. The van der Waals surface area contributed by atoms with Crippen LogP contribution in [0.5, 0.6) is 0 Å². The van der Waals surface area contributed by atoms with Crippen molar-refractivity contribution in [2.45, 2.75) is 6.42 Å². The number of aliphatic hydroxyl groups is 1. The molecule has 0 saturated carbocycles. The van der Waals surface area contributed by atoms with E-state index in [-0.39, 0.29) is 6.61 Å². The van der Waals surface area contributed by atoms with Crippen LogP contribution in [0.3, 0.4) is 0 Å². The number of hydrogen-bond acceptors (Lipinski definition) is 1. The Kier molecular flexibility index (Phi) is 3.41. The van der Waals surface area contributed by atoms with E-state index in [4.69, 9.17) is 5.11 Å². The average Bonchev–Trinajstić information content (AvgIpc) is 2.91. The lowest BCUT2D eigenvalue weighted by molar-refractivity contribution is 0.299. The molecular weight excluding hydrogens is 284 g/mol. The summed E-state index contributed by atoms with van der Waals surface area (Å²) in [5.74, 6) is 0. The highest BCUT2D eigenvalue weighted by Crippen LogP contribution is 2.22. The molecule has 0 fully saturated rings. The van der Waals surface area contributed by atoms with Gasteiger partial charge in [-0.25, -0.2) is 0 Å². The van der Waals surface area contributed by atoms with Crippen LogP contribution in [-0.2, 0) is 6.42 Å². The summed E-state index contributed by atoms with van der Waals surface area (Å²) in [6.07, 6.45) is 0.732. The van der Waals surface area contributed by atoms with Crippen molar-refractivity contribution in [3.63, 3.8) is 0 Å². The molecule has 3 aromatic rings. The number of benzene rings is 3. The molecule has 0 spiro atoms. The first-order chi connectivity index (χ1) is 10.9. The molecule has 0 unspecified atom stereocenters. The molecule has 2 heteroatoms. The largest absolute Gasteiger partial charge is 0.396 e. The summed E-state index contributed by atoms with van der Waals surface area (Å²) in [4.78, 5) is 0. The van der Waals surface area contributed by atoms with Crippen molar-refractivity contribution < 1.29 is 5.11 Å². The lowest BCUT2D eigenvalue weighted by Crippen LogP contribution is -2.48. The van der Waals surface area contributed by atoms with Gasteiger partial charge in [0.05, 0.1) is 0 Å². The van der Waals surface area contributed by atoms with E-state index in [2.05, 4.69) is 72.8 Å². The number of aliphatic hydroxyl groups excluding tert-OH is 1. The highest BCUT2D eigenvalue weighted by atomic mass is 28.3. The van der Waals surface area contributed by atoms with Crippen LogP contribution >= 0.6 is 0 Å². The summed E-state index contributed by atoms with van der Waals surface area (Å²) in [5, 5.41) is 13.5. The maximum Gasteiger partial charge on any atom is 0.156 e. The van der Waals surface area contributed by atoms with Gasteiger partial charge < -0.3 is 5.11 Å². The summed E-state index contributed by atoms with van der Waals surface area (Å²) in [5.41, 5.74) is 3.99. The van der Waals surface area contributed by atoms with E-state index in [9.17, 15) is 0 Å². The molecule has 1 aliphatic rings.